The zero-order valence-electron chi connectivity index (χ0n) is 15.4. The van der Waals surface area contributed by atoms with E-state index < -0.39 is 29.1 Å². The first-order chi connectivity index (χ1) is 13.6. The van der Waals surface area contributed by atoms with Crippen molar-refractivity contribution in [2.75, 3.05) is 12.4 Å². The molecule has 2 aliphatic rings. The van der Waals surface area contributed by atoms with Crippen LogP contribution in [0.5, 0.6) is 0 Å². The molecule has 0 spiro atoms. The van der Waals surface area contributed by atoms with Gasteiger partial charge in [-0.1, -0.05) is 60.7 Å². The van der Waals surface area contributed by atoms with Crippen molar-refractivity contribution in [2.45, 2.75) is 11.5 Å². The molecule has 29 heavy (non-hydrogen) atoms. The molecule has 145 valence electrons. The maximum Gasteiger partial charge on any atom is 0.356 e. The number of carbonyl (C=O) groups is 3. The SMILES string of the molecule is O=C(OC(c1ccccc1)c1ccccc1)C1=C(CO)CSC2C(=O)C(=O)N12.[Ac]. The molecule has 8 heteroatoms. The fourth-order valence-electron chi connectivity index (χ4n) is 3.28. The predicted octanol–water partition coefficient (Wildman–Crippen LogP) is 2.05. The van der Waals surface area contributed by atoms with Crippen LogP contribution in [0.1, 0.15) is 17.2 Å². The van der Waals surface area contributed by atoms with Gasteiger partial charge in [0.2, 0.25) is 0 Å². The minimum absolute atomic E-state index is 0. The third-order valence-corrected chi connectivity index (χ3v) is 5.95. The van der Waals surface area contributed by atoms with Crippen LogP contribution in [0.2, 0.25) is 0 Å². The molecule has 0 aromatic heterocycles. The van der Waals surface area contributed by atoms with Gasteiger partial charge in [-0.15, -0.1) is 11.8 Å². The standard InChI is InChI=1S/C21H17NO5S.Ac/c23-11-15-12-28-20-17(24)19(25)22(20)16(15)21(26)27-18(13-7-3-1-4-8-13)14-9-5-2-6-10-14;/h1-10,18,20,23H,11-12H2;. The molecule has 1 fully saturated rings. The summed E-state index contributed by atoms with van der Waals surface area (Å²) >= 11 is 1.22. The zero-order chi connectivity index (χ0) is 19.7. The van der Waals surface area contributed by atoms with Crippen molar-refractivity contribution in [2.24, 2.45) is 0 Å². The Morgan fingerprint density at radius 3 is 2.14 bits per heavy atom. The number of Topliss-reactive ketones (excluding diaryl/α,β-unsaturated/α-hetero) is 1. The normalized spacial score (nSPS) is 18.1. The number of nitrogens with zero attached hydrogens (tertiary/aromatic N) is 1. The van der Waals surface area contributed by atoms with Gasteiger partial charge in [-0.25, -0.2) is 4.79 Å². The van der Waals surface area contributed by atoms with E-state index in [9.17, 15) is 19.5 Å². The van der Waals surface area contributed by atoms with Crippen molar-refractivity contribution in [3.8, 4) is 0 Å². The van der Waals surface area contributed by atoms with Gasteiger partial charge in [-0.2, -0.15) is 0 Å². The summed E-state index contributed by atoms with van der Waals surface area (Å²) in [5.74, 6) is -1.71. The smallest absolute Gasteiger partial charge is 0.356 e. The Balaban J connectivity index is 0.00000240. The second kappa shape index (κ2) is 9.57. The molecule has 2 aliphatic heterocycles. The van der Waals surface area contributed by atoms with E-state index in [2.05, 4.69) is 0 Å². The Bertz CT molecular complexity index is 924. The van der Waals surface area contributed by atoms with E-state index in [-0.39, 0.29) is 56.4 Å². The number of ketones is 1. The molecule has 6 nitrogen and oxygen atoms in total. The Morgan fingerprint density at radius 2 is 1.62 bits per heavy atom. The van der Waals surface area contributed by atoms with Gasteiger partial charge in [0.15, 0.2) is 11.5 Å². The van der Waals surface area contributed by atoms with Crippen molar-refractivity contribution in [3.63, 3.8) is 0 Å². The first kappa shape index (κ1) is 22.2. The van der Waals surface area contributed by atoms with Gasteiger partial charge in [0, 0.05) is 49.8 Å². The van der Waals surface area contributed by atoms with Crippen LogP contribution in [0.25, 0.3) is 0 Å². The number of hydrogen-bond acceptors (Lipinski definition) is 6. The fraction of sp³-hybridized carbons (Fsp3) is 0.190. The van der Waals surface area contributed by atoms with Gasteiger partial charge in [-0.05, 0) is 16.7 Å². The number of rotatable bonds is 5. The monoisotopic (exact) mass is 622 g/mol. The zero-order valence-corrected chi connectivity index (χ0v) is 20.9. The maximum atomic E-state index is 13.1. The molecular weight excluding hydrogens is 605 g/mol. The van der Waals surface area contributed by atoms with Crippen LogP contribution >= 0.6 is 11.8 Å². The summed E-state index contributed by atoms with van der Waals surface area (Å²) in [6, 6.07) is 18.5. The molecule has 1 atom stereocenters. The van der Waals surface area contributed by atoms with Crippen molar-refractivity contribution in [1.29, 1.82) is 0 Å². The molecule has 4 rings (SSSR count). The number of esters is 1. The molecule has 0 saturated carbocycles. The van der Waals surface area contributed by atoms with E-state index in [0.29, 0.717) is 11.3 Å². The van der Waals surface area contributed by atoms with Crippen LogP contribution in [0.15, 0.2) is 71.9 Å². The van der Waals surface area contributed by atoms with Crippen LogP contribution in [0, 0.1) is 44.1 Å². The van der Waals surface area contributed by atoms with Gasteiger partial charge >= 0.3 is 5.97 Å². The Hall–Kier alpha value is -1.46. The summed E-state index contributed by atoms with van der Waals surface area (Å²) in [6.07, 6.45) is -0.678. The van der Waals surface area contributed by atoms with Gasteiger partial charge in [0.05, 0.1) is 6.61 Å². The Morgan fingerprint density at radius 1 is 1.07 bits per heavy atom. The van der Waals surface area contributed by atoms with Crippen molar-refractivity contribution >= 4 is 29.4 Å². The Kier molecular flexibility index (Phi) is 7.33. The van der Waals surface area contributed by atoms with Crippen LogP contribution in [0.3, 0.4) is 0 Å². The molecule has 2 heterocycles. The first-order valence-corrected chi connectivity index (χ1v) is 9.79. The summed E-state index contributed by atoms with van der Waals surface area (Å²) < 4.78 is 5.81. The molecule has 0 bridgehead atoms. The van der Waals surface area contributed by atoms with Gasteiger partial charge in [0.1, 0.15) is 5.70 Å². The van der Waals surface area contributed by atoms with E-state index in [0.717, 1.165) is 16.0 Å². The average molecular weight is 622 g/mol. The number of benzene rings is 2. The van der Waals surface area contributed by atoms with Crippen molar-refractivity contribution < 1.29 is 68.3 Å². The molecular formula is C21H17AcNO5S. The van der Waals surface area contributed by atoms with E-state index in [4.69, 9.17) is 4.74 Å². The van der Waals surface area contributed by atoms with Crippen molar-refractivity contribution in [3.05, 3.63) is 83.1 Å². The summed E-state index contributed by atoms with van der Waals surface area (Å²) in [6.45, 7) is -0.385. The largest absolute Gasteiger partial charge is 0.448 e. The van der Waals surface area contributed by atoms with Gasteiger partial charge < -0.3 is 9.84 Å². The third-order valence-electron chi connectivity index (χ3n) is 4.69. The molecule has 1 unspecified atom stereocenters. The number of aliphatic hydroxyl groups is 1. The second-order valence-electron chi connectivity index (χ2n) is 6.42. The van der Waals surface area contributed by atoms with E-state index in [1.54, 1.807) is 0 Å². The van der Waals surface area contributed by atoms with Gasteiger partial charge in [0.25, 0.3) is 11.7 Å². The molecule has 1 saturated heterocycles. The number of fused-ring (bicyclic) bond motifs is 1. The molecule has 2 aromatic rings. The quantitative estimate of drug-likeness (QED) is 0.313. The number of amides is 1. The van der Waals surface area contributed by atoms with E-state index >= 15 is 0 Å². The van der Waals surface area contributed by atoms with E-state index in [1.807, 2.05) is 60.7 Å². The molecule has 1 radical (unpaired) electrons. The summed E-state index contributed by atoms with van der Waals surface area (Å²) in [5, 5.41) is 8.95. The molecule has 2 aromatic carbocycles. The van der Waals surface area contributed by atoms with E-state index in [1.165, 1.54) is 11.8 Å². The minimum atomic E-state index is -0.744. The van der Waals surface area contributed by atoms with Crippen LogP contribution in [-0.4, -0.2) is 45.4 Å². The average Bonchev–Trinajstić information content (AvgIpc) is 2.76. The summed E-state index contributed by atoms with van der Waals surface area (Å²) in [7, 11) is 0. The minimum Gasteiger partial charge on any atom is -0.448 e. The molecule has 1 N–H and O–H groups in total. The Labute approximate surface area is 207 Å². The summed E-state index contributed by atoms with van der Waals surface area (Å²) in [4.78, 5) is 38.0. The predicted molar refractivity (Wildman–Crippen MR) is 103 cm³/mol. The van der Waals surface area contributed by atoms with Crippen LogP contribution in [-0.2, 0) is 19.1 Å². The number of hydrogen-bond donors (Lipinski definition) is 1. The number of carbonyl (C=O) groups excluding carboxylic acids is 3. The number of β-lactam (4-membered cyclic amide) rings is 1. The number of thioether (sulfide) groups is 1. The number of ether oxygens (including phenoxy) is 1. The van der Waals surface area contributed by atoms with Crippen LogP contribution in [0.4, 0.5) is 0 Å². The van der Waals surface area contributed by atoms with Crippen molar-refractivity contribution in [1.82, 2.24) is 4.90 Å². The second-order valence-corrected chi connectivity index (χ2v) is 7.49. The molecule has 1 amide bonds. The van der Waals surface area contributed by atoms with Gasteiger partial charge in [-0.3, -0.25) is 14.5 Å². The summed E-state index contributed by atoms with van der Waals surface area (Å²) in [5.41, 5.74) is 1.92. The van der Waals surface area contributed by atoms with Crippen LogP contribution < -0.4 is 0 Å². The molecule has 0 aliphatic carbocycles. The third kappa shape index (κ3) is 4.22. The first-order valence-electron chi connectivity index (χ1n) is 8.74. The topological polar surface area (TPSA) is 83.9 Å². The fourth-order valence-corrected chi connectivity index (χ4v) is 4.47. The number of aliphatic hydroxyl groups excluding tert-OH is 1. The maximum absolute atomic E-state index is 13.1.